The molecule has 0 spiro atoms. The predicted molar refractivity (Wildman–Crippen MR) is 83.3 cm³/mol. The summed E-state index contributed by atoms with van der Waals surface area (Å²) in [5.74, 6) is 0.613. The van der Waals surface area contributed by atoms with E-state index in [9.17, 15) is 0 Å². The van der Waals surface area contributed by atoms with Crippen molar-refractivity contribution in [3.05, 3.63) is 34.4 Å². The Labute approximate surface area is 118 Å². The van der Waals surface area contributed by atoms with Gasteiger partial charge in [0.25, 0.3) is 0 Å². The van der Waals surface area contributed by atoms with Gasteiger partial charge < -0.3 is 5.73 Å². The standard InChI is InChI=1S/C18H29N/c1-12-10-14(3)15(11-13(12)2)17(19)16-8-6-7-9-18(16,4)5/h10-11,16-17H,6-9,19H2,1-5H3. The van der Waals surface area contributed by atoms with Crippen LogP contribution in [0.4, 0.5) is 0 Å². The van der Waals surface area contributed by atoms with Gasteiger partial charge in [0.05, 0.1) is 0 Å². The highest BCUT2D eigenvalue weighted by atomic mass is 14.7. The molecule has 1 heteroatoms. The summed E-state index contributed by atoms with van der Waals surface area (Å²) >= 11 is 0. The van der Waals surface area contributed by atoms with Gasteiger partial charge in [-0.3, -0.25) is 0 Å². The van der Waals surface area contributed by atoms with Gasteiger partial charge in [0, 0.05) is 6.04 Å². The lowest BCUT2D eigenvalue weighted by Crippen LogP contribution is -2.36. The molecule has 19 heavy (non-hydrogen) atoms. The maximum atomic E-state index is 6.67. The second-order valence-electron chi connectivity index (χ2n) is 7.16. The summed E-state index contributed by atoms with van der Waals surface area (Å²) < 4.78 is 0. The topological polar surface area (TPSA) is 26.0 Å². The average Bonchev–Trinajstić information content (AvgIpc) is 2.32. The van der Waals surface area contributed by atoms with Crippen molar-refractivity contribution in [2.45, 2.75) is 66.3 Å². The van der Waals surface area contributed by atoms with Crippen LogP contribution in [0, 0.1) is 32.1 Å². The zero-order chi connectivity index (χ0) is 14.2. The summed E-state index contributed by atoms with van der Waals surface area (Å²) in [4.78, 5) is 0. The molecule has 0 radical (unpaired) electrons. The first-order valence-corrected chi connectivity index (χ1v) is 7.66. The van der Waals surface area contributed by atoms with Gasteiger partial charge in [0.1, 0.15) is 0 Å². The molecular formula is C18H29N. The van der Waals surface area contributed by atoms with Gasteiger partial charge in [-0.25, -0.2) is 0 Å². The quantitative estimate of drug-likeness (QED) is 0.809. The molecule has 1 aliphatic carbocycles. The molecular weight excluding hydrogens is 230 g/mol. The molecule has 1 saturated carbocycles. The number of hydrogen-bond donors (Lipinski definition) is 1. The van der Waals surface area contributed by atoms with Crippen molar-refractivity contribution >= 4 is 0 Å². The Kier molecular flexibility index (Phi) is 4.06. The van der Waals surface area contributed by atoms with E-state index in [-0.39, 0.29) is 6.04 Å². The highest BCUT2D eigenvalue weighted by Crippen LogP contribution is 2.46. The molecule has 0 aromatic heterocycles. The second-order valence-corrected chi connectivity index (χ2v) is 7.16. The van der Waals surface area contributed by atoms with E-state index in [0.29, 0.717) is 11.3 Å². The minimum absolute atomic E-state index is 0.189. The maximum absolute atomic E-state index is 6.67. The molecule has 2 rings (SSSR count). The average molecular weight is 259 g/mol. The van der Waals surface area contributed by atoms with E-state index in [1.807, 2.05) is 0 Å². The molecule has 1 aromatic rings. The molecule has 0 bridgehead atoms. The smallest absolute Gasteiger partial charge is 0.0331 e. The lowest BCUT2D eigenvalue weighted by molar-refractivity contribution is 0.112. The minimum atomic E-state index is 0.189. The second kappa shape index (κ2) is 5.28. The summed E-state index contributed by atoms with van der Waals surface area (Å²) in [6, 6.07) is 4.80. The van der Waals surface area contributed by atoms with Gasteiger partial charge >= 0.3 is 0 Å². The molecule has 2 unspecified atom stereocenters. The Morgan fingerprint density at radius 3 is 2.32 bits per heavy atom. The van der Waals surface area contributed by atoms with Gasteiger partial charge in [-0.05, 0) is 67.2 Å². The molecule has 2 atom stereocenters. The fraction of sp³-hybridized carbons (Fsp3) is 0.667. The zero-order valence-electron chi connectivity index (χ0n) is 13.2. The summed E-state index contributed by atoms with van der Waals surface area (Å²) in [5.41, 5.74) is 12.5. The van der Waals surface area contributed by atoms with Crippen LogP contribution in [0.3, 0.4) is 0 Å². The number of benzene rings is 1. The lowest BCUT2D eigenvalue weighted by atomic mass is 9.64. The van der Waals surface area contributed by atoms with Gasteiger partial charge in [0.2, 0.25) is 0 Å². The van der Waals surface area contributed by atoms with Crippen LogP contribution in [-0.2, 0) is 0 Å². The van der Waals surface area contributed by atoms with Crippen LogP contribution in [0.5, 0.6) is 0 Å². The van der Waals surface area contributed by atoms with Crippen LogP contribution in [-0.4, -0.2) is 0 Å². The van der Waals surface area contributed by atoms with E-state index < -0.39 is 0 Å². The van der Waals surface area contributed by atoms with Crippen molar-refractivity contribution in [2.24, 2.45) is 17.1 Å². The molecule has 0 heterocycles. The molecule has 0 aliphatic heterocycles. The van der Waals surface area contributed by atoms with Gasteiger partial charge in [-0.1, -0.05) is 38.8 Å². The van der Waals surface area contributed by atoms with Gasteiger partial charge in [-0.15, -0.1) is 0 Å². The Morgan fingerprint density at radius 2 is 1.68 bits per heavy atom. The normalized spacial score (nSPS) is 24.2. The van der Waals surface area contributed by atoms with Crippen molar-refractivity contribution in [1.82, 2.24) is 0 Å². The summed E-state index contributed by atoms with van der Waals surface area (Å²) in [6.45, 7) is 11.4. The maximum Gasteiger partial charge on any atom is 0.0331 e. The van der Waals surface area contributed by atoms with E-state index in [0.717, 1.165) is 0 Å². The van der Waals surface area contributed by atoms with Crippen LogP contribution < -0.4 is 5.73 Å². The Bertz CT molecular complexity index is 459. The van der Waals surface area contributed by atoms with Crippen LogP contribution in [0.1, 0.15) is 67.8 Å². The van der Waals surface area contributed by atoms with Crippen LogP contribution in [0.25, 0.3) is 0 Å². The highest BCUT2D eigenvalue weighted by molar-refractivity contribution is 5.38. The number of nitrogens with two attached hydrogens (primary N) is 1. The molecule has 0 saturated heterocycles. The first-order valence-electron chi connectivity index (χ1n) is 7.66. The highest BCUT2D eigenvalue weighted by Gasteiger charge is 2.37. The third-order valence-corrected chi connectivity index (χ3v) is 5.26. The summed E-state index contributed by atoms with van der Waals surface area (Å²) in [5, 5.41) is 0. The Morgan fingerprint density at radius 1 is 1.05 bits per heavy atom. The monoisotopic (exact) mass is 259 g/mol. The fourth-order valence-electron chi connectivity index (χ4n) is 3.75. The lowest BCUT2D eigenvalue weighted by Gasteiger charge is -2.42. The van der Waals surface area contributed by atoms with Crippen molar-refractivity contribution in [3.8, 4) is 0 Å². The third-order valence-electron chi connectivity index (χ3n) is 5.26. The molecule has 1 aliphatic rings. The molecule has 0 amide bonds. The van der Waals surface area contributed by atoms with E-state index >= 15 is 0 Å². The largest absolute Gasteiger partial charge is 0.324 e. The number of aryl methyl sites for hydroxylation is 3. The zero-order valence-corrected chi connectivity index (χ0v) is 13.2. The molecule has 2 N–H and O–H groups in total. The summed E-state index contributed by atoms with van der Waals surface area (Å²) in [6.07, 6.45) is 5.30. The number of hydrogen-bond acceptors (Lipinski definition) is 1. The minimum Gasteiger partial charge on any atom is -0.324 e. The van der Waals surface area contributed by atoms with Crippen molar-refractivity contribution < 1.29 is 0 Å². The third kappa shape index (κ3) is 2.86. The van der Waals surface area contributed by atoms with Crippen LogP contribution in [0.2, 0.25) is 0 Å². The van der Waals surface area contributed by atoms with E-state index in [1.165, 1.54) is 47.9 Å². The van der Waals surface area contributed by atoms with Crippen LogP contribution >= 0.6 is 0 Å². The van der Waals surface area contributed by atoms with Crippen molar-refractivity contribution in [1.29, 1.82) is 0 Å². The summed E-state index contributed by atoms with van der Waals surface area (Å²) in [7, 11) is 0. The van der Waals surface area contributed by atoms with Crippen molar-refractivity contribution in [2.75, 3.05) is 0 Å². The Balaban J connectivity index is 2.33. The van der Waals surface area contributed by atoms with Crippen LogP contribution in [0.15, 0.2) is 12.1 Å². The number of rotatable bonds is 2. The predicted octanol–water partition coefficient (Wildman–Crippen LogP) is 4.83. The Hall–Kier alpha value is -0.820. The van der Waals surface area contributed by atoms with E-state index in [1.54, 1.807) is 0 Å². The van der Waals surface area contributed by atoms with Crippen molar-refractivity contribution in [3.63, 3.8) is 0 Å². The fourth-order valence-corrected chi connectivity index (χ4v) is 3.75. The molecule has 106 valence electrons. The van der Waals surface area contributed by atoms with E-state index in [4.69, 9.17) is 5.73 Å². The van der Waals surface area contributed by atoms with Gasteiger partial charge in [0.15, 0.2) is 0 Å². The van der Waals surface area contributed by atoms with E-state index in [2.05, 4.69) is 46.8 Å². The molecule has 1 aromatic carbocycles. The molecule has 1 nitrogen and oxygen atoms in total. The van der Waals surface area contributed by atoms with Gasteiger partial charge in [-0.2, -0.15) is 0 Å². The molecule has 1 fully saturated rings. The SMILES string of the molecule is Cc1cc(C)c(C(N)C2CCCCC2(C)C)cc1C. The first kappa shape index (κ1) is 14.6. The first-order chi connectivity index (χ1) is 8.83.